The molecule has 2 nitrogen and oxygen atoms in total. The van der Waals surface area contributed by atoms with E-state index in [1.165, 1.54) is 18.4 Å². The van der Waals surface area contributed by atoms with Crippen LogP contribution in [0, 0.1) is 22.7 Å². The molecular formula is C22H32O2. The third kappa shape index (κ3) is 2.02. The predicted octanol–water partition coefficient (Wildman–Crippen LogP) is 4.54. The zero-order valence-electron chi connectivity index (χ0n) is 15.4. The molecule has 4 aliphatic carbocycles. The van der Waals surface area contributed by atoms with E-state index >= 15 is 0 Å². The molecule has 0 aromatic rings. The van der Waals surface area contributed by atoms with Crippen molar-refractivity contribution in [2.75, 3.05) is 6.61 Å². The third-order valence-electron chi connectivity index (χ3n) is 8.10. The van der Waals surface area contributed by atoms with E-state index in [0.717, 1.165) is 25.7 Å². The van der Waals surface area contributed by atoms with Crippen LogP contribution in [0.25, 0.3) is 0 Å². The molecule has 2 fully saturated rings. The standard InChI is InChI=1S/C22H32O2/c1-15-4-5-16-6-7-17-18(20(16,2)14-15)8-10-21(3)19(17)9-11-22(21,24)12-13-23/h5,8,14,17,19,23-24H,4,6-7,9-13H2,1-3H3/t17-,19+,20+,21+,22+/m1/s1. The average molecular weight is 328 g/mol. The molecule has 4 aliphatic rings. The molecule has 2 N–H and O–H groups in total. The Hall–Kier alpha value is -0.860. The first kappa shape index (κ1) is 16.6. The number of rotatable bonds is 2. The molecule has 0 spiro atoms. The van der Waals surface area contributed by atoms with Gasteiger partial charge in [-0.3, -0.25) is 0 Å². The number of hydrogen-bond acceptors (Lipinski definition) is 2. The SMILES string of the molecule is CC1=C[C@@]2(C)C(=CC1)CC[C@@H]1C2=CC[C@@]2(C)[C@H]1CC[C@]2(O)CCO. The third-order valence-corrected chi connectivity index (χ3v) is 8.10. The van der Waals surface area contributed by atoms with Crippen LogP contribution in [0.15, 0.2) is 34.9 Å². The van der Waals surface area contributed by atoms with E-state index in [9.17, 15) is 10.2 Å². The van der Waals surface area contributed by atoms with Gasteiger partial charge in [-0.15, -0.1) is 0 Å². The minimum Gasteiger partial charge on any atom is -0.396 e. The quantitative estimate of drug-likeness (QED) is 0.731. The van der Waals surface area contributed by atoms with Gasteiger partial charge in [0, 0.05) is 17.4 Å². The summed E-state index contributed by atoms with van der Waals surface area (Å²) in [4.78, 5) is 0. The van der Waals surface area contributed by atoms with Gasteiger partial charge in [0.25, 0.3) is 0 Å². The Balaban J connectivity index is 1.75. The Labute approximate surface area is 146 Å². The van der Waals surface area contributed by atoms with E-state index in [1.807, 2.05) is 0 Å². The molecule has 5 atom stereocenters. The topological polar surface area (TPSA) is 40.5 Å². The number of allylic oxidation sites excluding steroid dienone is 6. The molecule has 2 heteroatoms. The van der Waals surface area contributed by atoms with Crippen LogP contribution in [0.4, 0.5) is 0 Å². The van der Waals surface area contributed by atoms with Gasteiger partial charge < -0.3 is 10.2 Å². The van der Waals surface area contributed by atoms with Gasteiger partial charge in [-0.1, -0.05) is 41.9 Å². The summed E-state index contributed by atoms with van der Waals surface area (Å²) in [5.41, 5.74) is 4.07. The predicted molar refractivity (Wildman–Crippen MR) is 97.5 cm³/mol. The highest BCUT2D eigenvalue weighted by molar-refractivity contribution is 5.45. The maximum atomic E-state index is 11.3. The highest BCUT2D eigenvalue weighted by Crippen LogP contribution is 2.65. The van der Waals surface area contributed by atoms with E-state index in [4.69, 9.17) is 0 Å². The lowest BCUT2D eigenvalue weighted by Gasteiger charge is -2.54. The summed E-state index contributed by atoms with van der Waals surface area (Å²) >= 11 is 0. The lowest BCUT2D eigenvalue weighted by molar-refractivity contribution is -0.0928. The lowest BCUT2D eigenvalue weighted by atomic mass is 9.51. The molecule has 0 radical (unpaired) electrons. The second-order valence-corrected chi connectivity index (χ2v) is 9.20. The fourth-order valence-electron chi connectivity index (χ4n) is 6.65. The first-order chi connectivity index (χ1) is 11.3. The normalized spacial score (nSPS) is 47.1. The maximum Gasteiger partial charge on any atom is 0.0728 e. The molecule has 0 unspecified atom stereocenters. The van der Waals surface area contributed by atoms with Crippen molar-refractivity contribution in [2.45, 2.75) is 71.3 Å². The van der Waals surface area contributed by atoms with Crippen LogP contribution in [0.1, 0.15) is 65.7 Å². The van der Waals surface area contributed by atoms with Gasteiger partial charge in [0.15, 0.2) is 0 Å². The Morgan fingerprint density at radius 1 is 1.21 bits per heavy atom. The molecule has 0 aromatic carbocycles. The molecule has 132 valence electrons. The Kier molecular flexibility index (Phi) is 3.68. The number of fused-ring (bicyclic) bond motifs is 5. The van der Waals surface area contributed by atoms with Crippen molar-refractivity contribution in [3.8, 4) is 0 Å². The Morgan fingerprint density at radius 3 is 2.75 bits per heavy atom. The summed E-state index contributed by atoms with van der Waals surface area (Å²) in [5.74, 6) is 1.16. The fraction of sp³-hybridized carbons (Fsp3) is 0.727. The van der Waals surface area contributed by atoms with Crippen molar-refractivity contribution >= 4 is 0 Å². The zero-order chi connectivity index (χ0) is 17.2. The summed E-state index contributed by atoms with van der Waals surface area (Å²) in [7, 11) is 0. The van der Waals surface area contributed by atoms with E-state index < -0.39 is 5.60 Å². The highest BCUT2D eigenvalue weighted by atomic mass is 16.3. The highest BCUT2D eigenvalue weighted by Gasteiger charge is 2.61. The van der Waals surface area contributed by atoms with Crippen molar-refractivity contribution in [1.29, 1.82) is 0 Å². The molecule has 0 heterocycles. The van der Waals surface area contributed by atoms with E-state index in [1.54, 1.807) is 11.1 Å². The molecule has 0 saturated heterocycles. The second kappa shape index (κ2) is 5.32. The van der Waals surface area contributed by atoms with E-state index in [-0.39, 0.29) is 17.4 Å². The summed E-state index contributed by atoms with van der Waals surface area (Å²) in [6.07, 6.45) is 14.4. The largest absolute Gasteiger partial charge is 0.396 e. The van der Waals surface area contributed by atoms with Crippen LogP contribution >= 0.6 is 0 Å². The zero-order valence-corrected chi connectivity index (χ0v) is 15.4. The minimum atomic E-state index is -0.691. The van der Waals surface area contributed by atoms with Crippen molar-refractivity contribution in [2.24, 2.45) is 22.7 Å². The Bertz CT molecular complexity index is 642. The van der Waals surface area contributed by atoms with Gasteiger partial charge in [-0.05, 0) is 70.6 Å². The molecule has 0 bridgehead atoms. The van der Waals surface area contributed by atoms with E-state index in [2.05, 4.69) is 39.0 Å². The van der Waals surface area contributed by atoms with Crippen molar-refractivity contribution < 1.29 is 10.2 Å². The van der Waals surface area contributed by atoms with Crippen LogP contribution in [0.5, 0.6) is 0 Å². The lowest BCUT2D eigenvalue weighted by Crippen LogP contribution is -2.50. The average Bonchev–Trinajstić information content (AvgIpc) is 2.78. The second-order valence-electron chi connectivity index (χ2n) is 9.20. The molecule has 0 aromatic heterocycles. The summed E-state index contributed by atoms with van der Waals surface area (Å²) < 4.78 is 0. The van der Waals surface area contributed by atoms with Crippen LogP contribution < -0.4 is 0 Å². The fourth-order valence-corrected chi connectivity index (χ4v) is 6.65. The van der Waals surface area contributed by atoms with Crippen molar-refractivity contribution in [3.05, 3.63) is 34.9 Å². The van der Waals surface area contributed by atoms with Gasteiger partial charge in [-0.2, -0.15) is 0 Å². The van der Waals surface area contributed by atoms with Crippen molar-refractivity contribution in [3.63, 3.8) is 0 Å². The molecular weight excluding hydrogens is 296 g/mol. The molecule has 4 rings (SSSR count). The van der Waals surface area contributed by atoms with Crippen molar-refractivity contribution in [1.82, 2.24) is 0 Å². The summed E-state index contributed by atoms with van der Waals surface area (Å²) in [5, 5.41) is 20.7. The Morgan fingerprint density at radius 2 is 2.00 bits per heavy atom. The van der Waals surface area contributed by atoms with Crippen LogP contribution in [-0.4, -0.2) is 22.4 Å². The molecule has 0 aliphatic heterocycles. The smallest absolute Gasteiger partial charge is 0.0728 e. The first-order valence-corrected chi connectivity index (χ1v) is 9.76. The van der Waals surface area contributed by atoms with Crippen LogP contribution in [0.3, 0.4) is 0 Å². The molecule has 0 amide bonds. The van der Waals surface area contributed by atoms with E-state index in [0.29, 0.717) is 18.3 Å². The van der Waals surface area contributed by atoms with Gasteiger partial charge in [0.2, 0.25) is 0 Å². The number of hydrogen-bond donors (Lipinski definition) is 2. The van der Waals surface area contributed by atoms with Crippen LogP contribution in [0.2, 0.25) is 0 Å². The monoisotopic (exact) mass is 328 g/mol. The number of aliphatic hydroxyl groups excluding tert-OH is 1. The minimum absolute atomic E-state index is 0.0745. The van der Waals surface area contributed by atoms with Gasteiger partial charge >= 0.3 is 0 Å². The van der Waals surface area contributed by atoms with Gasteiger partial charge in [0.05, 0.1) is 5.60 Å². The molecule has 24 heavy (non-hydrogen) atoms. The maximum absolute atomic E-state index is 11.3. The van der Waals surface area contributed by atoms with Gasteiger partial charge in [0.1, 0.15) is 0 Å². The molecule has 2 saturated carbocycles. The van der Waals surface area contributed by atoms with Gasteiger partial charge in [-0.25, -0.2) is 0 Å². The van der Waals surface area contributed by atoms with Crippen LogP contribution in [-0.2, 0) is 0 Å². The first-order valence-electron chi connectivity index (χ1n) is 9.76. The summed E-state index contributed by atoms with van der Waals surface area (Å²) in [6.45, 7) is 7.04. The number of aliphatic hydroxyl groups is 2. The summed E-state index contributed by atoms with van der Waals surface area (Å²) in [6, 6.07) is 0.